The summed E-state index contributed by atoms with van der Waals surface area (Å²) >= 11 is 7.05. The van der Waals surface area contributed by atoms with Gasteiger partial charge in [-0.05, 0) is 45.3 Å². The molecule has 1 unspecified atom stereocenters. The van der Waals surface area contributed by atoms with Crippen molar-refractivity contribution >= 4 is 37.5 Å². The Kier molecular flexibility index (Phi) is 3.91. The minimum atomic E-state index is 0.197. The minimum Gasteiger partial charge on any atom is -0.375 e. The molecule has 0 amide bonds. The van der Waals surface area contributed by atoms with E-state index in [1.165, 1.54) is 11.1 Å². The van der Waals surface area contributed by atoms with E-state index in [2.05, 4.69) is 67.5 Å². The van der Waals surface area contributed by atoms with Crippen LogP contribution in [0.15, 0.2) is 51.4 Å². The smallest absolute Gasteiger partial charge is 0.0751 e. The lowest BCUT2D eigenvalue weighted by molar-refractivity contribution is 0.0970. The number of hydrogen-bond donors (Lipinski definition) is 1. The predicted molar refractivity (Wildman–Crippen MR) is 84.3 cm³/mol. The Hall–Kier alpha value is -0.840. The van der Waals surface area contributed by atoms with Crippen LogP contribution < -0.4 is 5.32 Å². The van der Waals surface area contributed by atoms with Crippen molar-refractivity contribution in [3.05, 3.63) is 62.5 Å². The molecule has 1 heterocycles. The lowest BCUT2D eigenvalue weighted by Crippen LogP contribution is -2.23. The first-order valence-electron chi connectivity index (χ1n) is 6.11. The summed E-state index contributed by atoms with van der Waals surface area (Å²) in [4.78, 5) is 0. The Morgan fingerprint density at radius 1 is 1.11 bits per heavy atom. The average molecular weight is 383 g/mol. The normalized spacial score (nSPS) is 17.9. The third-order valence-electron chi connectivity index (χ3n) is 3.23. The molecule has 0 aromatic heterocycles. The summed E-state index contributed by atoms with van der Waals surface area (Å²) in [6.07, 6.45) is 0. The van der Waals surface area contributed by atoms with E-state index in [9.17, 15) is 0 Å². The number of rotatable bonds is 2. The molecule has 1 N–H and O–H groups in total. The first kappa shape index (κ1) is 13.2. The van der Waals surface area contributed by atoms with Gasteiger partial charge in [-0.3, -0.25) is 0 Å². The first-order chi connectivity index (χ1) is 9.24. The predicted octanol–water partition coefficient (Wildman–Crippen LogP) is 4.90. The lowest BCUT2D eigenvalue weighted by atomic mass is 9.99. The van der Waals surface area contributed by atoms with Crippen molar-refractivity contribution in [1.29, 1.82) is 0 Å². The Morgan fingerprint density at radius 3 is 2.79 bits per heavy atom. The van der Waals surface area contributed by atoms with Gasteiger partial charge < -0.3 is 10.1 Å². The highest BCUT2D eigenvalue weighted by Crippen LogP contribution is 2.32. The molecular weight excluding hydrogens is 370 g/mol. The average Bonchev–Trinajstić information content (AvgIpc) is 2.42. The van der Waals surface area contributed by atoms with Crippen LogP contribution in [0.3, 0.4) is 0 Å². The van der Waals surface area contributed by atoms with Crippen LogP contribution in [0.1, 0.15) is 17.2 Å². The van der Waals surface area contributed by atoms with Crippen LogP contribution in [0.25, 0.3) is 0 Å². The maximum atomic E-state index is 5.66. The van der Waals surface area contributed by atoms with Crippen LogP contribution in [0.2, 0.25) is 0 Å². The van der Waals surface area contributed by atoms with Gasteiger partial charge >= 0.3 is 0 Å². The van der Waals surface area contributed by atoms with Crippen molar-refractivity contribution in [3.8, 4) is 0 Å². The second-order valence-corrected chi connectivity index (χ2v) is 6.31. The van der Waals surface area contributed by atoms with Gasteiger partial charge in [0.15, 0.2) is 0 Å². The van der Waals surface area contributed by atoms with E-state index in [0.717, 1.165) is 14.6 Å². The molecule has 19 heavy (non-hydrogen) atoms. The molecule has 2 aromatic rings. The standard InChI is InChI=1S/C15H13Br2NO/c16-11-5-6-14(13(17)7-11)18-15-9-19-8-10-3-1-2-4-12(10)15/h1-7,15,18H,8-9H2. The fourth-order valence-corrected chi connectivity index (χ4v) is 3.46. The Morgan fingerprint density at radius 2 is 1.95 bits per heavy atom. The fraction of sp³-hybridized carbons (Fsp3) is 0.200. The molecule has 0 spiro atoms. The van der Waals surface area contributed by atoms with Crippen molar-refractivity contribution in [3.63, 3.8) is 0 Å². The number of nitrogens with one attached hydrogen (secondary N) is 1. The molecule has 0 saturated heterocycles. The number of fused-ring (bicyclic) bond motifs is 1. The molecule has 2 aromatic carbocycles. The van der Waals surface area contributed by atoms with Crippen LogP contribution in [0.5, 0.6) is 0 Å². The molecule has 3 rings (SSSR count). The van der Waals surface area contributed by atoms with E-state index in [0.29, 0.717) is 13.2 Å². The van der Waals surface area contributed by atoms with Gasteiger partial charge in [0.25, 0.3) is 0 Å². The van der Waals surface area contributed by atoms with Crippen molar-refractivity contribution in [2.24, 2.45) is 0 Å². The van der Waals surface area contributed by atoms with Gasteiger partial charge in [-0.1, -0.05) is 40.2 Å². The van der Waals surface area contributed by atoms with Crippen LogP contribution >= 0.6 is 31.9 Å². The zero-order valence-electron chi connectivity index (χ0n) is 10.2. The van der Waals surface area contributed by atoms with Gasteiger partial charge in [-0.2, -0.15) is 0 Å². The number of ether oxygens (including phenoxy) is 1. The SMILES string of the molecule is Brc1ccc(NC2COCc3ccccc32)c(Br)c1. The third kappa shape index (κ3) is 2.86. The summed E-state index contributed by atoms with van der Waals surface area (Å²) in [6, 6.07) is 14.8. The highest BCUT2D eigenvalue weighted by Gasteiger charge is 2.20. The van der Waals surface area contributed by atoms with E-state index in [1.54, 1.807) is 0 Å². The Bertz CT molecular complexity index is 600. The molecule has 0 bridgehead atoms. The number of hydrogen-bond acceptors (Lipinski definition) is 2. The van der Waals surface area contributed by atoms with Gasteiger partial charge in [0.05, 0.1) is 19.3 Å². The van der Waals surface area contributed by atoms with Gasteiger partial charge in [-0.15, -0.1) is 0 Å². The lowest BCUT2D eigenvalue weighted by Gasteiger charge is -2.27. The van der Waals surface area contributed by atoms with Crippen LogP contribution in [0, 0.1) is 0 Å². The summed E-state index contributed by atoms with van der Waals surface area (Å²) in [5.74, 6) is 0. The fourth-order valence-electron chi connectivity index (χ4n) is 2.30. The molecular formula is C15H13Br2NO. The Labute approximate surface area is 129 Å². The highest BCUT2D eigenvalue weighted by molar-refractivity contribution is 9.11. The third-order valence-corrected chi connectivity index (χ3v) is 4.38. The molecule has 0 radical (unpaired) electrons. The monoisotopic (exact) mass is 381 g/mol. The van der Waals surface area contributed by atoms with E-state index in [-0.39, 0.29) is 6.04 Å². The topological polar surface area (TPSA) is 21.3 Å². The largest absolute Gasteiger partial charge is 0.375 e. The molecule has 2 nitrogen and oxygen atoms in total. The molecule has 1 atom stereocenters. The van der Waals surface area contributed by atoms with Crippen molar-refractivity contribution in [1.82, 2.24) is 0 Å². The quantitative estimate of drug-likeness (QED) is 0.797. The van der Waals surface area contributed by atoms with Gasteiger partial charge in [0, 0.05) is 14.6 Å². The van der Waals surface area contributed by atoms with E-state index in [1.807, 2.05) is 12.1 Å². The van der Waals surface area contributed by atoms with Crippen molar-refractivity contribution in [2.45, 2.75) is 12.6 Å². The zero-order valence-corrected chi connectivity index (χ0v) is 13.4. The molecule has 0 saturated carbocycles. The maximum absolute atomic E-state index is 5.66. The molecule has 0 aliphatic carbocycles. The molecule has 0 fully saturated rings. The first-order valence-corrected chi connectivity index (χ1v) is 7.70. The van der Waals surface area contributed by atoms with Gasteiger partial charge in [0.1, 0.15) is 0 Å². The van der Waals surface area contributed by atoms with Gasteiger partial charge in [-0.25, -0.2) is 0 Å². The maximum Gasteiger partial charge on any atom is 0.0751 e. The highest BCUT2D eigenvalue weighted by atomic mass is 79.9. The van der Waals surface area contributed by atoms with Crippen molar-refractivity contribution < 1.29 is 4.74 Å². The second kappa shape index (κ2) is 5.65. The van der Waals surface area contributed by atoms with Crippen molar-refractivity contribution in [2.75, 3.05) is 11.9 Å². The number of anilines is 1. The second-order valence-electron chi connectivity index (χ2n) is 4.54. The van der Waals surface area contributed by atoms with Crippen LogP contribution in [-0.4, -0.2) is 6.61 Å². The zero-order chi connectivity index (χ0) is 13.2. The number of halogens is 2. The van der Waals surface area contributed by atoms with Crippen LogP contribution in [0.4, 0.5) is 5.69 Å². The summed E-state index contributed by atoms with van der Waals surface area (Å²) in [7, 11) is 0. The summed E-state index contributed by atoms with van der Waals surface area (Å²) in [6.45, 7) is 1.40. The minimum absolute atomic E-state index is 0.197. The molecule has 4 heteroatoms. The molecule has 1 aliphatic heterocycles. The van der Waals surface area contributed by atoms with E-state index in [4.69, 9.17) is 4.74 Å². The molecule has 98 valence electrons. The van der Waals surface area contributed by atoms with Crippen LogP contribution in [-0.2, 0) is 11.3 Å². The Balaban J connectivity index is 1.88. The number of benzene rings is 2. The van der Waals surface area contributed by atoms with E-state index < -0.39 is 0 Å². The summed E-state index contributed by atoms with van der Waals surface area (Å²) < 4.78 is 7.76. The molecule has 1 aliphatic rings. The van der Waals surface area contributed by atoms with E-state index >= 15 is 0 Å². The summed E-state index contributed by atoms with van der Waals surface area (Å²) in [5, 5.41) is 3.54. The van der Waals surface area contributed by atoms with Gasteiger partial charge in [0.2, 0.25) is 0 Å². The summed E-state index contributed by atoms with van der Waals surface area (Å²) in [5.41, 5.74) is 3.66.